The zero-order valence-electron chi connectivity index (χ0n) is 13.2. The van der Waals surface area contributed by atoms with Gasteiger partial charge in [0.25, 0.3) is 0 Å². The maximum absolute atomic E-state index is 12.5. The summed E-state index contributed by atoms with van der Waals surface area (Å²) in [5.41, 5.74) is -0.543. The number of aryl methyl sites for hydroxylation is 1. The van der Waals surface area contributed by atoms with Crippen molar-refractivity contribution in [2.75, 3.05) is 0 Å². The molecular weight excluding hydrogens is 309 g/mol. The van der Waals surface area contributed by atoms with Crippen LogP contribution in [0.15, 0.2) is 28.7 Å². The minimum Gasteiger partial charge on any atom is -0.421 e. The zero-order valence-corrected chi connectivity index (χ0v) is 13.2. The fourth-order valence-corrected chi connectivity index (χ4v) is 1.97. The van der Waals surface area contributed by atoms with Gasteiger partial charge in [0.15, 0.2) is 0 Å². The van der Waals surface area contributed by atoms with Gasteiger partial charge in [-0.05, 0) is 36.1 Å². The Morgan fingerprint density at radius 3 is 2.22 bits per heavy atom. The van der Waals surface area contributed by atoms with E-state index in [-0.39, 0.29) is 11.3 Å². The molecule has 0 saturated carbocycles. The number of benzene rings is 1. The van der Waals surface area contributed by atoms with E-state index in [2.05, 4.69) is 10.2 Å². The van der Waals surface area contributed by atoms with Crippen molar-refractivity contribution in [1.29, 1.82) is 0 Å². The maximum atomic E-state index is 12.5. The van der Waals surface area contributed by atoms with E-state index in [0.29, 0.717) is 24.3 Å². The molecule has 1 aromatic carbocycles. The van der Waals surface area contributed by atoms with Gasteiger partial charge in [0.2, 0.25) is 11.8 Å². The summed E-state index contributed by atoms with van der Waals surface area (Å²) in [6, 6.07) is 4.54. The number of nitrogens with zero attached hydrogens (tertiary/aromatic N) is 2. The van der Waals surface area contributed by atoms with Gasteiger partial charge in [-0.1, -0.05) is 20.8 Å². The molecule has 4 nitrogen and oxygen atoms in total. The van der Waals surface area contributed by atoms with Crippen LogP contribution < -0.4 is 0 Å². The Balaban J connectivity index is 2.05. The summed E-state index contributed by atoms with van der Waals surface area (Å²) in [6.07, 6.45) is -4.00. The number of alkyl halides is 3. The van der Waals surface area contributed by atoms with Crippen LogP contribution in [0.5, 0.6) is 0 Å². The van der Waals surface area contributed by atoms with Crippen molar-refractivity contribution in [3.05, 3.63) is 35.7 Å². The van der Waals surface area contributed by atoms with Gasteiger partial charge in [-0.3, -0.25) is 0 Å². The normalized spacial score (nSPS) is 14.0. The molecule has 0 aliphatic carbocycles. The van der Waals surface area contributed by atoms with Gasteiger partial charge >= 0.3 is 6.18 Å². The highest BCUT2D eigenvalue weighted by Gasteiger charge is 2.30. The molecule has 1 N–H and O–H groups in total. The Morgan fingerprint density at radius 1 is 1.09 bits per heavy atom. The number of hydrogen-bond acceptors (Lipinski definition) is 4. The molecule has 0 saturated heterocycles. The molecule has 0 amide bonds. The molecule has 0 aliphatic heterocycles. The van der Waals surface area contributed by atoms with E-state index in [9.17, 15) is 18.3 Å². The van der Waals surface area contributed by atoms with Crippen LogP contribution in [-0.2, 0) is 12.6 Å². The van der Waals surface area contributed by atoms with Crippen molar-refractivity contribution in [2.45, 2.75) is 45.9 Å². The van der Waals surface area contributed by atoms with Crippen LogP contribution in [-0.4, -0.2) is 21.4 Å². The summed E-state index contributed by atoms with van der Waals surface area (Å²) in [5.74, 6) is 0.516. The molecule has 0 aliphatic rings. The van der Waals surface area contributed by atoms with Crippen LogP contribution in [0.4, 0.5) is 13.2 Å². The predicted octanol–water partition coefficient (Wildman–Crippen LogP) is 4.10. The molecule has 0 fully saturated rings. The second-order valence-electron chi connectivity index (χ2n) is 6.50. The minimum absolute atomic E-state index is 0.166. The number of aliphatic hydroxyl groups excluding tert-OH is 1. The molecule has 2 aromatic rings. The van der Waals surface area contributed by atoms with Crippen LogP contribution >= 0.6 is 0 Å². The van der Waals surface area contributed by atoms with Gasteiger partial charge in [-0.15, -0.1) is 10.2 Å². The molecule has 1 unspecified atom stereocenters. The second-order valence-corrected chi connectivity index (χ2v) is 6.50. The molecule has 1 atom stereocenters. The number of hydrogen-bond donors (Lipinski definition) is 1. The first kappa shape index (κ1) is 17.5. The highest BCUT2D eigenvalue weighted by molar-refractivity contribution is 5.53. The predicted molar refractivity (Wildman–Crippen MR) is 78.5 cm³/mol. The third kappa shape index (κ3) is 4.54. The molecule has 0 radical (unpaired) electrons. The Bertz CT molecular complexity index is 643. The van der Waals surface area contributed by atoms with Crippen molar-refractivity contribution < 1.29 is 22.7 Å². The summed E-state index contributed by atoms with van der Waals surface area (Å²) in [4.78, 5) is 0. The van der Waals surface area contributed by atoms with Crippen molar-refractivity contribution in [3.8, 4) is 11.5 Å². The van der Waals surface area contributed by atoms with Gasteiger partial charge in [0.1, 0.15) is 0 Å². The highest BCUT2D eigenvalue weighted by Crippen LogP contribution is 2.31. The lowest BCUT2D eigenvalue weighted by Gasteiger charge is -2.25. The number of aliphatic hydroxyl groups is 1. The van der Waals surface area contributed by atoms with E-state index in [1.807, 2.05) is 20.8 Å². The standard InChI is InChI=1S/C16H19F3N2O2/c1-15(2,3)12(22)8-9-13-20-21-14(23-13)10-4-6-11(7-5-10)16(17,18)19/h4-7,12,22H,8-9H2,1-3H3. The first-order valence-corrected chi connectivity index (χ1v) is 7.25. The third-order valence-corrected chi connectivity index (χ3v) is 3.56. The van der Waals surface area contributed by atoms with Gasteiger partial charge < -0.3 is 9.52 Å². The van der Waals surface area contributed by atoms with Crippen LogP contribution in [0, 0.1) is 5.41 Å². The van der Waals surface area contributed by atoms with Crippen LogP contribution in [0.2, 0.25) is 0 Å². The Kier molecular flexibility index (Phi) is 4.79. The average Bonchev–Trinajstić information content (AvgIpc) is 2.91. The van der Waals surface area contributed by atoms with Gasteiger partial charge in [0, 0.05) is 12.0 Å². The summed E-state index contributed by atoms with van der Waals surface area (Å²) in [5, 5.41) is 17.7. The fourth-order valence-electron chi connectivity index (χ4n) is 1.97. The van der Waals surface area contributed by atoms with Crippen molar-refractivity contribution in [3.63, 3.8) is 0 Å². The van der Waals surface area contributed by atoms with E-state index in [4.69, 9.17) is 4.42 Å². The van der Waals surface area contributed by atoms with Crippen molar-refractivity contribution >= 4 is 0 Å². The van der Waals surface area contributed by atoms with E-state index >= 15 is 0 Å². The summed E-state index contributed by atoms with van der Waals surface area (Å²) in [6.45, 7) is 5.79. The summed E-state index contributed by atoms with van der Waals surface area (Å²) < 4.78 is 43.0. The topological polar surface area (TPSA) is 59.2 Å². The van der Waals surface area contributed by atoms with Crippen molar-refractivity contribution in [2.24, 2.45) is 5.41 Å². The Hall–Kier alpha value is -1.89. The first-order valence-electron chi connectivity index (χ1n) is 7.25. The molecule has 1 heterocycles. The lowest BCUT2D eigenvalue weighted by molar-refractivity contribution is -0.137. The van der Waals surface area contributed by atoms with Gasteiger partial charge in [-0.2, -0.15) is 13.2 Å². The smallest absolute Gasteiger partial charge is 0.416 e. The zero-order chi connectivity index (χ0) is 17.3. The lowest BCUT2D eigenvalue weighted by Crippen LogP contribution is -2.26. The van der Waals surface area contributed by atoms with Gasteiger partial charge in [-0.25, -0.2) is 0 Å². The van der Waals surface area contributed by atoms with Gasteiger partial charge in [0.05, 0.1) is 11.7 Å². The number of halogens is 3. The van der Waals surface area contributed by atoms with E-state index in [1.54, 1.807) is 0 Å². The summed E-state index contributed by atoms with van der Waals surface area (Å²) >= 11 is 0. The Labute approximate surface area is 132 Å². The largest absolute Gasteiger partial charge is 0.421 e. The maximum Gasteiger partial charge on any atom is 0.416 e. The number of aromatic nitrogens is 2. The average molecular weight is 328 g/mol. The molecular formula is C16H19F3N2O2. The van der Waals surface area contributed by atoms with Crippen LogP contribution in [0.25, 0.3) is 11.5 Å². The molecule has 0 spiro atoms. The first-order chi connectivity index (χ1) is 10.6. The van der Waals surface area contributed by atoms with Crippen LogP contribution in [0.3, 0.4) is 0 Å². The Morgan fingerprint density at radius 2 is 1.70 bits per heavy atom. The highest BCUT2D eigenvalue weighted by atomic mass is 19.4. The molecule has 2 rings (SSSR count). The number of rotatable bonds is 4. The molecule has 0 bridgehead atoms. The lowest BCUT2D eigenvalue weighted by atomic mass is 9.86. The molecule has 23 heavy (non-hydrogen) atoms. The van der Waals surface area contributed by atoms with E-state index in [0.717, 1.165) is 12.1 Å². The second kappa shape index (κ2) is 6.31. The van der Waals surface area contributed by atoms with E-state index in [1.165, 1.54) is 12.1 Å². The monoisotopic (exact) mass is 328 g/mol. The molecule has 1 aromatic heterocycles. The van der Waals surface area contributed by atoms with Crippen molar-refractivity contribution in [1.82, 2.24) is 10.2 Å². The van der Waals surface area contributed by atoms with E-state index < -0.39 is 17.8 Å². The summed E-state index contributed by atoms with van der Waals surface area (Å²) in [7, 11) is 0. The fraction of sp³-hybridized carbons (Fsp3) is 0.500. The minimum atomic E-state index is -4.37. The van der Waals surface area contributed by atoms with Crippen LogP contribution in [0.1, 0.15) is 38.6 Å². The molecule has 126 valence electrons. The quantitative estimate of drug-likeness (QED) is 0.918. The SMILES string of the molecule is CC(C)(C)C(O)CCc1nnc(-c2ccc(C(F)(F)F)cc2)o1. The third-order valence-electron chi connectivity index (χ3n) is 3.56. The molecule has 7 heteroatoms.